The topological polar surface area (TPSA) is 62.8 Å². The lowest BCUT2D eigenvalue weighted by molar-refractivity contribution is 0.155. The molecule has 2 aliphatic heterocycles. The summed E-state index contributed by atoms with van der Waals surface area (Å²) in [5, 5.41) is 6.11. The highest BCUT2D eigenvalue weighted by molar-refractivity contribution is 5.74. The number of nitrogens with one attached hydrogen (secondary N) is 2. The standard InChI is InChI=1S/C22H33N3O3/c26-22(23-15-18-6-7-20-21(14-18)28-13-12-27-20)24-19-8-10-25(11-9-19)16-17-4-2-1-3-5-17/h6-7,14,17,19H,1-5,8-13,15-16H2,(H2,23,24,26). The molecule has 2 amide bonds. The Bertz CT molecular complexity index is 652. The van der Waals surface area contributed by atoms with E-state index in [1.54, 1.807) is 0 Å². The summed E-state index contributed by atoms with van der Waals surface area (Å²) in [4.78, 5) is 14.9. The van der Waals surface area contributed by atoms with Gasteiger partial charge in [-0.1, -0.05) is 25.3 Å². The molecular weight excluding hydrogens is 354 g/mol. The van der Waals surface area contributed by atoms with Crippen LogP contribution in [0.1, 0.15) is 50.5 Å². The monoisotopic (exact) mass is 387 g/mol. The maximum Gasteiger partial charge on any atom is 0.315 e. The van der Waals surface area contributed by atoms with Gasteiger partial charge in [0.05, 0.1) is 0 Å². The van der Waals surface area contributed by atoms with Gasteiger partial charge in [-0.3, -0.25) is 0 Å². The number of nitrogens with zero attached hydrogens (tertiary/aromatic N) is 1. The molecule has 1 aliphatic carbocycles. The van der Waals surface area contributed by atoms with E-state index in [0.717, 1.165) is 48.9 Å². The van der Waals surface area contributed by atoms with Crippen LogP contribution in [-0.4, -0.2) is 49.8 Å². The molecule has 2 N–H and O–H groups in total. The Morgan fingerprint density at radius 3 is 2.54 bits per heavy atom. The number of ether oxygens (including phenoxy) is 2. The van der Waals surface area contributed by atoms with Crippen molar-refractivity contribution in [3.8, 4) is 11.5 Å². The Morgan fingerprint density at radius 2 is 1.75 bits per heavy atom. The number of hydrogen-bond donors (Lipinski definition) is 2. The van der Waals surface area contributed by atoms with Gasteiger partial charge in [-0.25, -0.2) is 4.79 Å². The van der Waals surface area contributed by atoms with E-state index in [1.807, 2.05) is 18.2 Å². The van der Waals surface area contributed by atoms with E-state index in [9.17, 15) is 4.79 Å². The van der Waals surface area contributed by atoms with Crippen molar-refractivity contribution >= 4 is 6.03 Å². The molecule has 2 heterocycles. The second-order valence-corrected chi connectivity index (χ2v) is 8.38. The summed E-state index contributed by atoms with van der Waals surface area (Å²) in [6.45, 7) is 5.11. The smallest absolute Gasteiger partial charge is 0.315 e. The molecule has 0 spiro atoms. The third kappa shape index (κ3) is 5.31. The zero-order chi connectivity index (χ0) is 19.2. The third-order valence-corrected chi connectivity index (χ3v) is 6.22. The largest absolute Gasteiger partial charge is 0.486 e. The van der Waals surface area contributed by atoms with Crippen LogP contribution in [0.4, 0.5) is 4.79 Å². The molecule has 3 aliphatic rings. The van der Waals surface area contributed by atoms with E-state index in [0.29, 0.717) is 19.8 Å². The van der Waals surface area contributed by atoms with Crippen molar-refractivity contribution in [3.05, 3.63) is 23.8 Å². The van der Waals surface area contributed by atoms with E-state index in [1.165, 1.54) is 38.6 Å². The Kier molecular flexibility index (Phi) is 6.57. The maximum absolute atomic E-state index is 12.3. The fraction of sp³-hybridized carbons (Fsp3) is 0.682. The number of amides is 2. The summed E-state index contributed by atoms with van der Waals surface area (Å²) < 4.78 is 11.1. The molecule has 1 saturated heterocycles. The molecule has 4 rings (SSSR count). The molecule has 1 aromatic rings. The first-order valence-electron chi connectivity index (χ1n) is 10.9. The molecular formula is C22H33N3O3. The van der Waals surface area contributed by atoms with Gasteiger partial charge in [0.2, 0.25) is 0 Å². The first kappa shape index (κ1) is 19.4. The number of urea groups is 1. The summed E-state index contributed by atoms with van der Waals surface area (Å²) in [5.41, 5.74) is 1.02. The highest BCUT2D eigenvalue weighted by Crippen LogP contribution is 2.30. The summed E-state index contributed by atoms with van der Waals surface area (Å²) >= 11 is 0. The second-order valence-electron chi connectivity index (χ2n) is 8.38. The van der Waals surface area contributed by atoms with Crippen LogP contribution in [0.5, 0.6) is 11.5 Å². The number of hydrogen-bond acceptors (Lipinski definition) is 4. The Labute approximate surface area is 168 Å². The Hall–Kier alpha value is -1.95. The van der Waals surface area contributed by atoms with Crippen LogP contribution in [0, 0.1) is 5.92 Å². The SMILES string of the molecule is O=C(NCc1ccc2c(c1)OCCO2)NC1CCN(CC2CCCCC2)CC1. The third-order valence-electron chi connectivity index (χ3n) is 6.22. The van der Waals surface area contributed by atoms with Gasteiger partial charge >= 0.3 is 6.03 Å². The highest BCUT2D eigenvalue weighted by atomic mass is 16.6. The van der Waals surface area contributed by atoms with Crippen molar-refractivity contribution in [1.82, 2.24) is 15.5 Å². The van der Waals surface area contributed by atoms with Gasteiger partial charge in [0.25, 0.3) is 0 Å². The van der Waals surface area contributed by atoms with Gasteiger partial charge in [0, 0.05) is 32.2 Å². The molecule has 6 heteroatoms. The highest BCUT2D eigenvalue weighted by Gasteiger charge is 2.23. The average Bonchev–Trinajstić information content (AvgIpc) is 2.74. The lowest BCUT2D eigenvalue weighted by atomic mass is 9.88. The van der Waals surface area contributed by atoms with Gasteiger partial charge < -0.3 is 25.0 Å². The number of benzene rings is 1. The quantitative estimate of drug-likeness (QED) is 0.814. The zero-order valence-corrected chi connectivity index (χ0v) is 16.8. The van der Waals surface area contributed by atoms with Gasteiger partial charge in [-0.05, 0) is 49.3 Å². The molecule has 0 bridgehead atoms. The van der Waals surface area contributed by atoms with E-state index >= 15 is 0 Å². The summed E-state index contributed by atoms with van der Waals surface area (Å²) in [6, 6.07) is 6.02. The number of likely N-dealkylation sites (tertiary alicyclic amines) is 1. The number of carbonyl (C=O) groups is 1. The Balaban J connectivity index is 1.16. The van der Waals surface area contributed by atoms with E-state index < -0.39 is 0 Å². The van der Waals surface area contributed by atoms with Gasteiger partial charge in [-0.15, -0.1) is 0 Å². The molecule has 28 heavy (non-hydrogen) atoms. The summed E-state index contributed by atoms with van der Waals surface area (Å²) in [5.74, 6) is 2.43. The summed E-state index contributed by atoms with van der Waals surface area (Å²) in [6.07, 6.45) is 9.14. The van der Waals surface area contributed by atoms with E-state index in [2.05, 4.69) is 15.5 Å². The van der Waals surface area contributed by atoms with Crippen LogP contribution >= 0.6 is 0 Å². The average molecular weight is 388 g/mol. The van der Waals surface area contributed by atoms with Crippen LogP contribution in [0.15, 0.2) is 18.2 Å². The normalized spacial score (nSPS) is 21.3. The predicted molar refractivity (Wildman–Crippen MR) is 109 cm³/mol. The summed E-state index contributed by atoms with van der Waals surface area (Å²) in [7, 11) is 0. The molecule has 2 fully saturated rings. The lowest BCUT2D eigenvalue weighted by Crippen LogP contribution is -2.48. The van der Waals surface area contributed by atoms with E-state index in [4.69, 9.17) is 9.47 Å². The van der Waals surface area contributed by atoms with Gasteiger partial charge in [-0.2, -0.15) is 0 Å². The number of piperidine rings is 1. The minimum atomic E-state index is -0.0828. The molecule has 0 aromatic heterocycles. The molecule has 1 saturated carbocycles. The van der Waals surface area contributed by atoms with Crippen molar-refractivity contribution in [2.75, 3.05) is 32.8 Å². The molecule has 0 atom stereocenters. The van der Waals surface area contributed by atoms with E-state index in [-0.39, 0.29) is 12.1 Å². The van der Waals surface area contributed by atoms with Crippen molar-refractivity contribution in [2.45, 2.75) is 57.5 Å². The zero-order valence-electron chi connectivity index (χ0n) is 16.8. The molecule has 0 unspecified atom stereocenters. The van der Waals surface area contributed by atoms with Crippen LogP contribution in [0.2, 0.25) is 0 Å². The Morgan fingerprint density at radius 1 is 1.00 bits per heavy atom. The van der Waals surface area contributed by atoms with Gasteiger partial charge in [0.1, 0.15) is 13.2 Å². The first-order valence-corrected chi connectivity index (χ1v) is 10.9. The maximum atomic E-state index is 12.3. The fourth-order valence-electron chi connectivity index (χ4n) is 4.61. The van der Waals surface area contributed by atoms with Crippen molar-refractivity contribution in [3.63, 3.8) is 0 Å². The van der Waals surface area contributed by atoms with Crippen molar-refractivity contribution < 1.29 is 14.3 Å². The van der Waals surface area contributed by atoms with Gasteiger partial charge in [0.15, 0.2) is 11.5 Å². The molecule has 1 aromatic carbocycles. The minimum Gasteiger partial charge on any atom is -0.486 e. The number of carbonyl (C=O) groups excluding carboxylic acids is 1. The molecule has 0 radical (unpaired) electrons. The lowest BCUT2D eigenvalue weighted by Gasteiger charge is -2.35. The van der Waals surface area contributed by atoms with Crippen LogP contribution < -0.4 is 20.1 Å². The van der Waals surface area contributed by atoms with Crippen LogP contribution in [-0.2, 0) is 6.54 Å². The minimum absolute atomic E-state index is 0.0828. The number of fused-ring (bicyclic) bond motifs is 1. The van der Waals surface area contributed by atoms with Crippen molar-refractivity contribution in [1.29, 1.82) is 0 Å². The predicted octanol–water partition coefficient (Wildman–Crippen LogP) is 3.30. The second kappa shape index (κ2) is 9.50. The molecule has 6 nitrogen and oxygen atoms in total. The number of rotatable bonds is 5. The van der Waals surface area contributed by atoms with Crippen molar-refractivity contribution in [2.24, 2.45) is 5.92 Å². The molecule has 154 valence electrons. The first-order chi connectivity index (χ1) is 13.8. The fourth-order valence-corrected chi connectivity index (χ4v) is 4.61. The van der Waals surface area contributed by atoms with Crippen LogP contribution in [0.25, 0.3) is 0 Å². The van der Waals surface area contributed by atoms with Crippen LogP contribution in [0.3, 0.4) is 0 Å².